The van der Waals surface area contributed by atoms with Crippen molar-refractivity contribution in [2.45, 2.75) is 26.8 Å². The average Bonchev–Trinajstić information content (AvgIpc) is 3.22. The fourth-order valence-electron chi connectivity index (χ4n) is 2.67. The SMILES string of the molecule is CCC(=O)N(C)c1ccc(-c2nc(C(=O)NCc3ccc(C)nc3)cs2)cc1F. The van der Waals surface area contributed by atoms with E-state index in [-0.39, 0.29) is 23.2 Å². The van der Waals surface area contributed by atoms with Gasteiger partial charge >= 0.3 is 0 Å². The number of pyridine rings is 1. The van der Waals surface area contributed by atoms with E-state index in [1.165, 1.54) is 22.3 Å². The van der Waals surface area contributed by atoms with Crippen LogP contribution in [0.4, 0.5) is 10.1 Å². The summed E-state index contributed by atoms with van der Waals surface area (Å²) in [6.45, 7) is 3.97. The molecule has 0 spiro atoms. The monoisotopic (exact) mass is 412 g/mol. The number of benzene rings is 1. The normalized spacial score (nSPS) is 10.6. The third-order valence-corrected chi connectivity index (χ3v) is 5.29. The van der Waals surface area contributed by atoms with Crippen LogP contribution in [0.25, 0.3) is 10.6 Å². The van der Waals surface area contributed by atoms with Gasteiger partial charge in [-0.05, 0) is 36.8 Å². The Morgan fingerprint density at radius 2 is 2.03 bits per heavy atom. The van der Waals surface area contributed by atoms with Gasteiger partial charge in [0, 0.05) is 42.8 Å². The number of nitrogens with zero attached hydrogens (tertiary/aromatic N) is 3. The number of anilines is 1. The highest BCUT2D eigenvalue weighted by Gasteiger charge is 2.16. The van der Waals surface area contributed by atoms with E-state index in [0.717, 1.165) is 11.3 Å². The average molecular weight is 412 g/mol. The van der Waals surface area contributed by atoms with Gasteiger partial charge in [-0.3, -0.25) is 14.6 Å². The van der Waals surface area contributed by atoms with E-state index >= 15 is 0 Å². The maximum absolute atomic E-state index is 14.5. The van der Waals surface area contributed by atoms with Crippen LogP contribution in [0.2, 0.25) is 0 Å². The second-order valence-corrected chi connectivity index (χ2v) is 7.36. The van der Waals surface area contributed by atoms with Crippen molar-refractivity contribution in [3.8, 4) is 10.6 Å². The second kappa shape index (κ2) is 8.91. The molecule has 0 aliphatic carbocycles. The van der Waals surface area contributed by atoms with Gasteiger partial charge in [0.15, 0.2) is 0 Å². The van der Waals surface area contributed by atoms with Crippen molar-refractivity contribution in [3.05, 3.63) is 64.7 Å². The van der Waals surface area contributed by atoms with Gasteiger partial charge in [-0.1, -0.05) is 13.0 Å². The number of aromatic nitrogens is 2. The van der Waals surface area contributed by atoms with E-state index in [2.05, 4.69) is 15.3 Å². The van der Waals surface area contributed by atoms with E-state index in [0.29, 0.717) is 23.5 Å². The number of thiazole rings is 1. The minimum absolute atomic E-state index is 0.173. The summed E-state index contributed by atoms with van der Waals surface area (Å²) >= 11 is 1.26. The van der Waals surface area contributed by atoms with Gasteiger partial charge in [0.1, 0.15) is 16.5 Å². The van der Waals surface area contributed by atoms with Crippen LogP contribution in [0.5, 0.6) is 0 Å². The molecule has 0 aliphatic heterocycles. The molecule has 3 aromatic rings. The van der Waals surface area contributed by atoms with Gasteiger partial charge in [-0.25, -0.2) is 9.37 Å². The van der Waals surface area contributed by atoms with Crippen molar-refractivity contribution >= 4 is 28.8 Å². The van der Waals surface area contributed by atoms with Gasteiger partial charge in [-0.15, -0.1) is 11.3 Å². The highest BCUT2D eigenvalue weighted by atomic mass is 32.1. The van der Waals surface area contributed by atoms with Crippen molar-refractivity contribution in [2.75, 3.05) is 11.9 Å². The first kappa shape index (κ1) is 20.6. The summed E-state index contributed by atoms with van der Waals surface area (Å²) in [5.41, 5.74) is 2.83. The lowest BCUT2D eigenvalue weighted by atomic mass is 10.2. The molecule has 1 N–H and O–H groups in total. The fraction of sp³-hybridized carbons (Fsp3) is 0.238. The molecule has 0 bridgehead atoms. The van der Waals surface area contributed by atoms with Gasteiger partial charge in [0.05, 0.1) is 5.69 Å². The number of carbonyl (C=O) groups excluding carboxylic acids is 2. The topological polar surface area (TPSA) is 75.2 Å². The lowest BCUT2D eigenvalue weighted by molar-refractivity contribution is -0.118. The zero-order valence-corrected chi connectivity index (χ0v) is 17.2. The summed E-state index contributed by atoms with van der Waals surface area (Å²) in [6.07, 6.45) is 2.01. The Kier molecular flexibility index (Phi) is 6.33. The van der Waals surface area contributed by atoms with Crippen LogP contribution in [-0.4, -0.2) is 28.8 Å². The van der Waals surface area contributed by atoms with E-state index in [4.69, 9.17) is 0 Å². The second-order valence-electron chi connectivity index (χ2n) is 6.50. The first-order chi connectivity index (χ1) is 13.9. The van der Waals surface area contributed by atoms with Crippen LogP contribution in [0.1, 0.15) is 35.1 Å². The molecule has 0 saturated carbocycles. The van der Waals surface area contributed by atoms with E-state index in [1.807, 2.05) is 19.1 Å². The standard InChI is InChI=1S/C21H21FN4O2S/c1-4-19(27)26(3)18-8-7-15(9-16(18)22)21-25-17(12-29-21)20(28)24-11-14-6-5-13(2)23-10-14/h5-10,12H,4,11H2,1-3H3,(H,24,28). The number of halogens is 1. The van der Waals surface area contributed by atoms with Crippen molar-refractivity contribution in [1.82, 2.24) is 15.3 Å². The maximum atomic E-state index is 14.5. The number of carbonyl (C=O) groups is 2. The van der Waals surface area contributed by atoms with Gasteiger partial charge in [0.2, 0.25) is 5.91 Å². The molecule has 2 amide bonds. The van der Waals surface area contributed by atoms with Crippen molar-refractivity contribution in [3.63, 3.8) is 0 Å². The fourth-order valence-corrected chi connectivity index (χ4v) is 3.47. The smallest absolute Gasteiger partial charge is 0.271 e. The molecule has 0 radical (unpaired) electrons. The van der Waals surface area contributed by atoms with E-state index < -0.39 is 5.82 Å². The van der Waals surface area contributed by atoms with Crippen LogP contribution < -0.4 is 10.2 Å². The molecule has 2 aromatic heterocycles. The Hall–Kier alpha value is -3.13. The zero-order valence-electron chi connectivity index (χ0n) is 16.4. The molecule has 0 saturated heterocycles. The Labute approximate surface area is 172 Å². The molecule has 2 heterocycles. The molecule has 6 nitrogen and oxygen atoms in total. The minimum Gasteiger partial charge on any atom is -0.347 e. The molecule has 29 heavy (non-hydrogen) atoms. The van der Waals surface area contributed by atoms with Gasteiger partial charge in [0.25, 0.3) is 5.91 Å². The molecule has 8 heteroatoms. The molecule has 0 unspecified atom stereocenters. The van der Waals surface area contributed by atoms with Crippen molar-refractivity contribution in [1.29, 1.82) is 0 Å². The third kappa shape index (κ3) is 4.83. The Balaban J connectivity index is 1.70. The molecule has 0 aliphatic rings. The number of hydrogen-bond donors (Lipinski definition) is 1. The number of hydrogen-bond acceptors (Lipinski definition) is 5. The van der Waals surface area contributed by atoms with E-state index in [1.54, 1.807) is 37.7 Å². The molecular weight excluding hydrogens is 391 g/mol. The zero-order chi connectivity index (χ0) is 21.0. The minimum atomic E-state index is -0.514. The summed E-state index contributed by atoms with van der Waals surface area (Å²) in [6, 6.07) is 8.35. The molecular formula is C21H21FN4O2S. The summed E-state index contributed by atoms with van der Waals surface area (Å²) in [5, 5.41) is 4.97. The molecule has 1 aromatic carbocycles. The van der Waals surface area contributed by atoms with Crippen LogP contribution in [-0.2, 0) is 11.3 Å². The summed E-state index contributed by atoms with van der Waals surface area (Å²) in [5.74, 6) is -0.994. The number of nitrogens with one attached hydrogen (secondary N) is 1. The molecule has 150 valence electrons. The summed E-state index contributed by atoms with van der Waals surface area (Å²) < 4.78 is 14.5. The Morgan fingerprint density at radius 1 is 1.24 bits per heavy atom. The summed E-state index contributed by atoms with van der Waals surface area (Å²) in [4.78, 5) is 33.9. The number of aryl methyl sites for hydroxylation is 1. The number of rotatable bonds is 6. The summed E-state index contributed by atoms with van der Waals surface area (Å²) in [7, 11) is 1.54. The van der Waals surface area contributed by atoms with E-state index in [9.17, 15) is 14.0 Å². The van der Waals surface area contributed by atoms with Crippen LogP contribution >= 0.6 is 11.3 Å². The van der Waals surface area contributed by atoms with Crippen LogP contribution in [0.3, 0.4) is 0 Å². The maximum Gasteiger partial charge on any atom is 0.271 e. The quantitative estimate of drug-likeness (QED) is 0.665. The molecule has 0 atom stereocenters. The Morgan fingerprint density at radius 3 is 2.69 bits per heavy atom. The van der Waals surface area contributed by atoms with Gasteiger partial charge in [-0.2, -0.15) is 0 Å². The third-order valence-electron chi connectivity index (χ3n) is 4.40. The van der Waals surface area contributed by atoms with Crippen LogP contribution in [0.15, 0.2) is 41.9 Å². The Bertz CT molecular complexity index is 1030. The highest BCUT2D eigenvalue weighted by molar-refractivity contribution is 7.13. The first-order valence-corrected chi connectivity index (χ1v) is 9.98. The molecule has 3 rings (SSSR count). The lowest BCUT2D eigenvalue weighted by Gasteiger charge is -2.17. The molecule has 0 fully saturated rings. The largest absolute Gasteiger partial charge is 0.347 e. The predicted octanol–water partition coefficient (Wildman–Crippen LogP) is 3.96. The van der Waals surface area contributed by atoms with Crippen LogP contribution in [0, 0.1) is 12.7 Å². The van der Waals surface area contributed by atoms with Crippen molar-refractivity contribution < 1.29 is 14.0 Å². The lowest BCUT2D eigenvalue weighted by Crippen LogP contribution is -2.26. The first-order valence-electron chi connectivity index (χ1n) is 9.10. The van der Waals surface area contributed by atoms with Gasteiger partial charge < -0.3 is 10.2 Å². The predicted molar refractivity (Wildman–Crippen MR) is 111 cm³/mol. The van der Waals surface area contributed by atoms with Crippen molar-refractivity contribution in [2.24, 2.45) is 0 Å². The number of amides is 2. The highest BCUT2D eigenvalue weighted by Crippen LogP contribution is 2.28.